The maximum absolute atomic E-state index is 6.10. The van der Waals surface area contributed by atoms with E-state index in [-0.39, 0.29) is 0 Å². The zero-order valence-electron chi connectivity index (χ0n) is 10.2. The van der Waals surface area contributed by atoms with Crippen LogP contribution in [0.2, 0.25) is 0 Å². The Hall–Kier alpha value is -1.54. The maximum Gasteiger partial charge on any atom is 0.0366 e. The summed E-state index contributed by atoms with van der Waals surface area (Å²) in [6, 6.07) is 12.6. The number of nitrogens with one attached hydrogen (secondary N) is 1. The lowest BCUT2D eigenvalue weighted by molar-refractivity contribution is 0.538. The largest absolute Gasteiger partial charge is 0.398 e. The molecule has 0 amide bonds. The average molecular weight is 226 g/mol. The van der Waals surface area contributed by atoms with E-state index in [2.05, 4.69) is 42.6 Å². The molecule has 0 aromatic heterocycles. The van der Waals surface area contributed by atoms with Crippen LogP contribution in [-0.4, -0.2) is 5.54 Å². The monoisotopic (exact) mass is 226 g/mol. The summed E-state index contributed by atoms with van der Waals surface area (Å²) in [7, 11) is 0. The zero-order chi connectivity index (χ0) is 11.9. The Bertz CT molecular complexity index is 556. The van der Waals surface area contributed by atoms with Gasteiger partial charge in [-0.1, -0.05) is 24.3 Å². The van der Waals surface area contributed by atoms with Gasteiger partial charge in [0.2, 0.25) is 0 Å². The van der Waals surface area contributed by atoms with E-state index in [1.165, 1.54) is 29.2 Å². The quantitative estimate of drug-likeness (QED) is 0.789. The van der Waals surface area contributed by atoms with Crippen molar-refractivity contribution in [3.8, 4) is 0 Å². The molecule has 3 N–H and O–H groups in total. The number of hydrogen-bond donors (Lipinski definition) is 2. The molecule has 3 rings (SSSR count). The molecule has 1 aliphatic rings. The topological polar surface area (TPSA) is 38.0 Å². The predicted octanol–water partition coefficient (Wildman–Crippen LogP) is 3.06. The Morgan fingerprint density at radius 1 is 1.18 bits per heavy atom. The lowest BCUT2D eigenvalue weighted by atomic mass is 10.0. The third-order valence-electron chi connectivity index (χ3n) is 3.71. The van der Waals surface area contributed by atoms with Crippen molar-refractivity contribution < 1.29 is 0 Å². The summed E-state index contributed by atoms with van der Waals surface area (Å²) >= 11 is 0. The second kappa shape index (κ2) is 3.74. The van der Waals surface area contributed by atoms with E-state index < -0.39 is 0 Å². The molecule has 1 saturated carbocycles. The smallest absolute Gasteiger partial charge is 0.0366 e. The van der Waals surface area contributed by atoms with Crippen molar-refractivity contribution in [3.05, 3.63) is 42.0 Å². The Balaban J connectivity index is 1.90. The minimum absolute atomic E-state index is 0.359. The zero-order valence-corrected chi connectivity index (χ0v) is 10.2. The summed E-state index contributed by atoms with van der Waals surface area (Å²) in [4.78, 5) is 0. The molecule has 0 unspecified atom stereocenters. The number of fused-ring (bicyclic) bond motifs is 1. The van der Waals surface area contributed by atoms with Gasteiger partial charge in [0.15, 0.2) is 0 Å². The molecule has 1 aliphatic carbocycles. The maximum atomic E-state index is 6.10. The standard InChI is InChI=1S/C15H18N2/c1-15(6-7-15)17-10-13-8-11-4-2-3-5-12(11)9-14(13)16/h2-5,8-9,17H,6-7,10,16H2,1H3. The minimum atomic E-state index is 0.359. The van der Waals surface area contributed by atoms with Crippen LogP contribution in [0.4, 0.5) is 5.69 Å². The van der Waals surface area contributed by atoms with Gasteiger partial charge in [0, 0.05) is 17.8 Å². The van der Waals surface area contributed by atoms with E-state index in [1.54, 1.807) is 0 Å². The van der Waals surface area contributed by atoms with Crippen LogP contribution in [0.1, 0.15) is 25.3 Å². The van der Waals surface area contributed by atoms with Crippen molar-refractivity contribution in [1.29, 1.82) is 0 Å². The van der Waals surface area contributed by atoms with E-state index in [0.29, 0.717) is 5.54 Å². The highest BCUT2D eigenvalue weighted by molar-refractivity contribution is 5.86. The lowest BCUT2D eigenvalue weighted by Gasteiger charge is -2.13. The van der Waals surface area contributed by atoms with Crippen LogP contribution in [0.5, 0.6) is 0 Å². The first kappa shape index (κ1) is 10.6. The van der Waals surface area contributed by atoms with Gasteiger partial charge in [-0.05, 0) is 48.2 Å². The first-order valence-electron chi connectivity index (χ1n) is 6.18. The number of hydrogen-bond acceptors (Lipinski definition) is 2. The second-order valence-corrected chi connectivity index (χ2v) is 5.31. The van der Waals surface area contributed by atoms with Crippen molar-refractivity contribution in [1.82, 2.24) is 5.32 Å². The van der Waals surface area contributed by atoms with Gasteiger partial charge in [-0.3, -0.25) is 0 Å². The van der Waals surface area contributed by atoms with Crippen LogP contribution in [0.15, 0.2) is 36.4 Å². The molecule has 88 valence electrons. The van der Waals surface area contributed by atoms with E-state index in [4.69, 9.17) is 5.73 Å². The fraction of sp³-hybridized carbons (Fsp3) is 0.333. The molecule has 2 heteroatoms. The molecular formula is C15H18N2. The molecule has 17 heavy (non-hydrogen) atoms. The highest BCUT2D eigenvalue weighted by Gasteiger charge is 2.36. The summed E-state index contributed by atoms with van der Waals surface area (Å²) < 4.78 is 0. The normalized spacial score (nSPS) is 17.2. The van der Waals surface area contributed by atoms with Gasteiger partial charge in [-0.25, -0.2) is 0 Å². The third-order valence-corrected chi connectivity index (χ3v) is 3.71. The Morgan fingerprint density at radius 3 is 2.47 bits per heavy atom. The number of anilines is 1. The fourth-order valence-corrected chi connectivity index (χ4v) is 2.13. The van der Waals surface area contributed by atoms with Crippen LogP contribution < -0.4 is 11.1 Å². The second-order valence-electron chi connectivity index (χ2n) is 5.31. The molecule has 0 aliphatic heterocycles. The summed E-state index contributed by atoms with van der Waals surface area (Å²) in [5.74, 6) is 0. The van der Waals surface area contributed by atoms with E-state index >= 15 is 0 Å². The average Bonchev–Trinajstić information content (AvgIpc) is 3.05. The number of benzene rings is 2. The summed E-state index contributed by atoms with van der Waals surface area (Å²) in [6.45, 7) is 3.14. The van der Waals surface area contributed by atoms with E-state index in [0.717, 1.165) is 12.2 Å². The third kappa shape index (κ3) is 2.13. The van der Waals surface area contributed by atoms with Crippen molar-refractivity contribution in [2.24, 2.45) is 0 Å². The Labute approximate surface area is 102 Å². The van der Waals surface area contributed by atoms with Gasteiger partial charge in [0.05, 0.1) is 0 Å². The van der Waals surface area contributed by atoms with E-state index in [9.17, 15) is 0 Å². The Morgan fingerprint density at radius 2 is 1.82 bits per heavy atom. The molecule has 0 heterocycles. The van der Waals surface area contributed by atoms with Crippen molar-refractivity contribution in [2.75, 3.05) is 5.73 Å². The van der Waals surface area contributed by atoms with Gasteiger partial charge in [0.25, 0.3) is 0 Å². The number of nitrogen functional groups attached to an aromatic ring is 1. The summed E-state index contributed by atoms with van der Waals surface area (Å²) in [6.07, 6.45) is 2.56. The van der Waals surface area contributed by atoms with Gasteiger partial charge >= 0.3 is 0 Å². The first-order valence-corrected chi connectivity index (χ1v) is 6.18. The van der Waals surface area contributed by atoms with Gasteiger partial charge in [-0.2, -0.15) is 0 Å². The summed E-state index contributed by atoms with van der Waals surface area (Å²) in [5, 5.41) is 6.05. The molecule has 0 spiro atoms. The van der Waals surface area contributed by atoms with Crippen LogP contribution in [0, 0.1) is 0 Å². The van der Waals surface area contributed by atoms with Crippen LogP contribution >= 0.6 is 0 Å². The molecule has 2 aromatic carbocycles. The van der Waals surface area contributed by atoms with Gasteiger partial charge in [-0.15, -0.1) is 0 Å². The molecule has 0 bridgehead atoms. The van der Waals surface area contributed by atoms with Crippen molar-refractivity contribution in [2.45, 2.75) is 31.8 Å². The minimum Gasteiger partial charge on any atom is -0.398 e. The molecule has 0 atom stereocenters. The van der Waals surface area contributed by atoms with E-state index in [1.807, 2.05) is 6.07 Å². The van der Waals surface area contributed by atoms with Gasteiger partial charge < -0.3 is 11.1 Å². The lowest BCUT2D eigenvalue weighted by Crippen LogP contribution is -2.27. The molecule has 2 aromatic rings. The number of nitrogens with two attached hydrogens (primary N) is 1. The van der Waals surface area contributed by atoms with Gasteiger partial charge in [0.1, 0.15) is 0 Å². The SMILES string of the molecule is CC1(NCc2cc3ccccc3cc2N)CC1. The van der Waals surface area contributed by atoms with Crippen LogP contribution in [0.25, 0.3) is 10.8 Å². The predicted molar refractivity (Wildman–Crippen MR) is 72.8 cm³/mol. The van der Waals surface area contributed by atoms with Crippen LogP contribution in [-0.2, 0) is 6.54 Å². The molecule has 1 fully saturated rings. The fourth-order valence-electron chi connectivity index (χ4n) is 2.13. The molecule has 0 saturated heterocycles. The Kier molecular flexibility index (Phi) is 2.33. The summed E-state index contributed by atoms with van der Waals surface area (Å²) in [5.41, 5.74) is 8.55. The highest BCUT2D eigenvalue weighted by atomic mass is 15.0. The first-order chi connectivity index (χ1) is 8.16. The number of rotatable bonds is 3. The van der Waals surface area contributed by atoms with Crippen LogP contribution in [0.3, 0.4) is 0 Å². The van der Waals surface area contributed by atoms with Crippen molar-refractivity contribution in [3.63, 3.8) is 0 Å². The molecule has 0 radical (unpaired) electrons. The molecular weight excluding hydrogens is 208 g/mol. The highest BCUT2D eigenvalue weighted by Crippen LogP contribution is 2.35. The van der Waals surface area contributed by atoms with Crippen molar-refractivity contribution >= 4 is 16.5 Å². The molecule has 2 nitrogen and oxygen atoms in total.